The Balaban J connectivity index is 1.26. The number of hydrogen-bond donors (Lipinski definition) is 0. The molecule has 11 rings (SSSR count). The second-order valence-electron chi connectivity index (χ2n) is 25.4. The molecule has 1 aliphatic carbocycles. The van der Waals surface area contributed by atoms with Crippen molar-refractivity contribution in [3.05, 3.63) is 251 Å². The Labute approximate surface area is 458 Å². The lowest BCUT2D eigenvalue weighted by Gasteiger charge is -2.30. The van der Waals surface area contributed by atoms with Crippen molar-refractivity contribution >= 4 is 78.1 Å². The molecule has 0 unspecified atom stereocenters. The summed E-state index contributed by atoms with van der Waals surface area (Å²) in [5.74, 6) is 0. The van der Waals surface area contributed by atoms with E-state index < -0.39 is 0 Å². The van der Waals surface area contributed by atoms with Crippen LogP contribution in [0.15, 0.2) is 212 Å². The summed E-state index contributed by atoms with van der Waals surface area (Å²) in [6, 6.07) is 76.1. The lowest BCUT2D eigenvalue weighted by atomic mass is 9.83. The van der Waals surface area contributed by atoms with Gasteiger partial charge in [-0.1, -0.05) is 229 Å². The fraction of sp³-hybridized carbons (Fsp3) is 0.227. The lowest BCUT2D eigenvalue weighted by molar-refractivity contribution is 0.590. The molecule has 0 aromatic heterocycles. The maximum absolute atomic E-state index is 2.49. The molecule has 0 fully saturated rings. The highest BCUT2D eigenvalue weighted by Crippen LogP contribution is 2.49. The Morgan fingerprint density at radius 2 is 0.714 bits per heavy atom. The molecule has 0 spiro atoms. The maximum atomic E-state index is 2.49. The lowest BCUT2D eigenvalue weighted by Crippen LogP contribution is -2.26. The zero-order chi connectivity index (χ0) is 54.0. The average molecular weight is 1000 g/mol. The number of rotatable bonds is 8. The van der Waals surface area contributed by atoms with Gasteiger partial charge in [-0.2, -0.15) is 0 Å². The van der Waals surface area contributed by atoms with Crippen molar-refractivity contribution in [1.82, 2.24) is 0 Å². The molecule has 2 heteroatoms. The van der Waals surface area contributed by atoms with Gasteiger partial charge >= 0.3 is 0 Å². The van der Waals surface area contributed by atoms with E-state index in [2.05, 4.69) is 311 Å². The minimum Gasteiger partial charge on any atom is -0.310 e. The molecule has 0 radical (unpaired) electrons. The zero-order valence-corrected chi connectivity index (χ0v) is 47.4. The molecule has 10 aromatic carbocycles. The Morgan fingerprint density at radius 3 is 1.18 bits per heavy atom. The summed E-state index contributed by atoms with van der Waals surface area (Å²) in [6.07, 6.45) is 7.96. The quantitative estimate of drug-likeness (QED) is 0.140. The molecule has 0 saturated heterocycles. The van der Waals surface area contributed by atoms with Gasteiger partial charge in [0.2, 0.25) is 0 Å². The number of nitrogens with zero attached hydrogens (tertiary/aromatic N) is 2. The molecule has 0 heterocycles. The highest BCUT2D eigenvalue weighted by Gasteiger charge is 2.26. The first kappa shape index (κ1) is 51.2. The Bertz CT molecular complexity index is 3870. The molecular weight excluding hydrogens is 929 g/mol. The predicted molar refractivity (Wildman–Crippen MR) is 335 cm³/mol. The highest BCUT2D eigenvalue weighted by atomic mass is 15.1. The van der Waals surface area contributed by atoms with Gasteiger partial charge in [0, 0.05) is 34.1 Å². The van der Waals surface area contributed by atoms with E-state index in [4.69, 9.17) is 0 Å². The molecule has 0 saturated carbocycles. The van der Waals surface area contributed by atoms with E-state index in [1.54, 1.807) is 0 Å². The minimum absolute atomic E-state index is 0.0243. The predicted octanol–water partition coefficient (Wildman–Crippen LogP) is 19.9. The maximum Gasteiger partial charge on any atom is 0.0468 e. The van der Waals surface area contributed by atoms with Crippen LogP contribution in [0.25, 0.3) is 55.1 Å². The van der Waals surface area contributed by atoms with E-state index >= 15 is 0 Å². The van der Waals surface area contributed by atoms with E-state index in [9.17, 15) is 0 Å². The molecular formula is C75H74N2. The number of fused-ring (bicyclic) bond motifs is 4. The monoisotopic (exact) mass is 1000 g/mol. The SMILES string of the molecule is CC(C)(C)c1ccc(N(c2ccc(C(C)(C)C)cc2)c2ccc3c(-c4cccc5ccccc45)c4cc(N(c5ccc(C(C)(C)C)cc5)c5ccc(C(C)(C)C)cc5)ccc4c(C4=c5ccccc5=CCC=C4)c3c2)cc1. The molecule has 2 nitrogen and oxygen atoms in total. The summed E-state index contributed by atoms with van der Waals surface area (Å²) in [5.41, 5.74) is 16.9. The fourth-order valence-corrected chi connectivity index (χ4v) is 11.5. The third-order valence-corrected chi connectivity index (χ3v) is 15.9. The van der Waals surface area contributed by atoms with E-state index in [1.165, 1.54) is 87.3 Å². The summed E-state index contributed by atoms with van der Waals surface area (Å²) >= 11 is 0. The van der Waals surface area contributed by atoms with Crippen molar-refractivity contribution in [3.8, 4) is 11.1 Å². The second-order valence-corrected chi connectivity index (χ2v) is 25.4. The third kappa shape index (κ3) is 9.92. The first-order valence-corrected chi connectivity index (χ1v) is 27.7. The topological polar surface area (TPSA) is 6.48 Å². The molecule has 0 N–H and O–H groups in total. The summed E-state index contributed by atoms with van der Waals surface area (Å²) in [5, 5.41) is 9.77. The number of hydrogen-bond acceptors (Lipinski definition) is 2. The number of benzene rings is 10. The third-order valence-electron chi connectivity index (χ3n) is 15.9. The number of allylic oxidation sites excluding steroid dienone is 2. The van der Waals surface area contributed by atoms with Gasteiger partial charge in [0.25, 0.3) is 0 Å². The van der Waals surface area contributed by atoms with Gasteiger partial charge in [0.1, 0.15) is 0 Å². The largest absolute Gasteiger partial charge is 0.310 e. The second kappa shape index (κ2) is 19.6. The zero-order valence-electron chi connectivity index (χ0n) is 47.4. The molecule has 0 atom stereocenters. The van der Waals surface area contributed by atoms with E-state index in [-0.39, 0.29) is 21.7 Å². The van der Waals surface area contributed by atoms with Crippen molar-refractivity contribution < 1.29 is 0 Å². The summed E-state index contributed by atoms with van der Waals surface area (Å²) in [6.45, 7) is 27.5. The van der Waals surface area contributed by atoms with Crippen LogP contribution in [0.4, 0.5) is 34.1 Å². The van der Waals surface area contributed by atoms with Crippen LogP contribution in [0.5, 0.6) is 0 Å². The normalized spacial score (nSPS) is 13.2. The standard InChI is InChI=1S/C75H74N2/c1-72(2,3)52-28-36-56(37-29-52)76(57-38-30-53(31-39-57)73(4,5)6)60-45-47-67-68(48-60)70(64-26-18-15-21-50-20-13-16-24-62(50)64)66-46-44-61(49-69(66)71(67)65-27-19-23-51-22-14-17-25-63(51)65)77(58-40-32-54(33-41-58)74(7,8)9)59-42-34-55(35-43-59)75(10,11)12/h13-14,16-49H,15H2,1-12H3. The van der Waals surface area contributed by atoms with Gasteiger partial charge in [-0.25, -0.2) is 0 Å². The molecule has 384 valence electrons. The van der Waals surface area contributed by atoms with Crippen molar-refractivity contribution in [2.24, 2.45) is 0 Å². The highest BCUT2D eigenvalue weighted by molar-refractivity contribution is 6.23. The summed E-state index contributed by atoms with van der Waals surface area (Å²) in [4.78, 5) is 4.91. The van der Waals surface area contributed by atoms with Crippen LogP contribution < -0.4 is 20.2 Å². The van der Waals surface area contributed by atoms with Gasteiger partial charge in [0.05, 0.1) is 0 Å². The molecule has 1 aliphatic rings. The first-order chi connectivity index (χ1) is 36.7. The Kier molecular flexibility index (Phi) is 13.0. The van der Waals surface area contributed by atoms with Crippen LogP contribution in [0.3, 0.4) is 0 Å². The first-order valence-electron chi connectivity index (χ1n) is 27.7. The summed E-state index contributed by atoms with van der Waals surface area (Å²) in [7, 11) is 0. The van der Waals surface area contributed by atoms with Gasteiger partial charge in [-0.15, -0.1) is 0 Å². The van der Waals surface area contributed by atoms with Crippen molar-refractivity contribution in [2.75, 3.05) is 9.80 Å². The van der Waals surface area contributed by atoms with E-state index in [1.807, 2.05) is 0 Å². The van der Waals surface area contributed by atoms with Crippen LogP contribution in [0.2, 0.25) is 0 Å². The molecule has 77 heavy (non-hydrogen) atoms. The van der Waals surface area contributed by atoms with Crippen molar-refractivity contribution in [2.45, 2.75) is 111 Å². The van der Waals surface area contributed by atoms with Crippen molar-refractivity contribution in [1.29, 1.82) is 0 Å². The van der Waals surface area contributed by atoms with E-state index in [0.717, 1.165) is 40.5 Å². The molecule has 10 aromatic rings. The van der Waals surface area contributed by atoms with Gasteiger partial charge in [-0.05, 0) is 188 Å². The van der Waals surface area contributed by atoms with E-state index in [0.29, 0.717) is 0 Å². The molecule has 0 amide bonds. The van der Waals surface area contributed by atoms with Crippen LogP contribution >= 0.6 is 0 Å². The van der Waals surface area contributed by atoms with Crippen LogP contribution in [0, 0.1) is 0 Å². The Morgan fingerprint density at radius 1 is 0.325 bits per heavy atom. The summed E-state index contributed by atoms with van der Waals surface area (Å²) < 4.78 is 0. The van der Waals surface area contributed by atoms with Crippen LogP contribution in [0.1, 0.15) is 117 Å². The Hall–Kier alpha value is -7.94. The molecule has 0 aliphatic heterocycles. The van der Waals surface area contributed by atoms with Crippen molar-refractivity contribution in [3.63, 3.8) is 0 Å². The van der Waals surface area contributed by atoms with Gasteiger partial charge in [-0.3, -0.25) is 0 Å². The number of anilines is 6. The minimum atomic E-state index is 0.0243. The van der Waals surface area contributed by atoms with Crippen LogP contribution in [-0.4, -0.2) is 0 Å². The van der Waals surface area contributed by atoms with Crippen LogP contribution in [-0.2, 0) is 21.7 Å². The molecule has 0 bridgehead atoms. The van der Waals surface area contributed by atoms with Gasteiger partial charge in [0.15, 0.2) is 0 Å². The average Bonchev–Trinajstić information content (AvgIpc) is 3.83. The fourth-order valence-electron chi connectivity index (χ4n) is 11.5. The van der Waals surface area contributed by atoms with Gasteiger partial charge < -0.3 is 9.80 Å². The smallest absolute Gasteiger partial charge is 0.0468 e.